The van der Waals surface area contributed by atoms with E-state index in [-0.39, 0.29) is 0 Å². The molecular weight excluding hydrogens is 334 g/mol. The van der Waals surface area contributed by atoms with E-state index in [4.69, 9.17) is 0 Å². The Kier molecular flexibility index (Phi) is 5.20. The first-order chi connectivity index (χ1) is 12.0. The maximum Gasteiger partial charge on any atom is 0.240 e. The van der Waals surface area contributed by atoms with Crippen molar-refractivity contribution in [3.63, 3.8) is 0 Å². The third kappa shape index (κ3) is 3.91. The molecule has 3 aromatic rings. The summed E-state index contributed by atoms with van der Waals surface area (Å²) in [5.41, 5.74) is 3.10. The second-order valence-electron chi connectivity index (χ2n) is 6.09. The molecule has 0 amide bonds. The number of nitrogens with one attached hydrogen (secondary N) is 1. The van der Waals surface area contributed by atoms with Crippen molar-refractivity contribution in [3.8, 4) is 0 Å². The Hall–Kier alpha value is -2.18. The Labute approximate surface area is 148 Å². The maximum atomic E-state index is 12.4. The number of fused-ring (bicyclic) bond motifs is 1. The van der Waals surface area contributed by atoms with Crippen LogP contribution in [-0.2, 0) is 23.0 Å². The van der Waals surface area contributed by atoms with E-state index in [0.29, 0.717) is 18.0 Å². The van der Waals surface area contributed by atoms with Gasteiger partial charge < -0.3 is 4.57 Å². The Balaban J connectivity index is 1.68. The maximum absolute atomic E-state index is 12.4. The highest BCUT2D eigenvalue weighted by Crippen LogP contribution is 2.15. The molecule has 0 spiro atoms. The van der Waals surface area contributed by atoms with Gasteiger partial charge in [-0.15, -0.1) is 0 Å². The topological polar surface area (TPSA) is 64.0 Å². The van der Waals surface area contributed by atoms with Crippen LogP contribution in [0, 0.1) is 6.92 Å². The van der Waals surface area contributed by atoms with E-state index in [0.717, 1.165) is 35.3 Å². The van der Waals surface area contributed by atoms with Crippen molar-refractivity contribution >= 4 is 21.1 Å². The highest BCUT2D eigenvalue weighted by Gasteiger charge is 2.14. The van der Waals surface area contributed by atoms with Gasteiger partial charge in [-0.3, -0.25) is 0 Å². The van der Waals surface area contributed by atoms with Gasteiger partial charge in [-0.1, -0.05) is 37.6 Å². The van der Waals surface area contributed by atoms with Crippen LogP contribution in [0.25, 0.3) is 11.0 Å². The van der Waals surface area contributed by atoms with Crippen LogP contribution in [0.4, 0.5) is 0 Å². The van der Waals surface area contributed by atoms with Crippen LogP contribution in [0.15, 0.2) is 53.4 Å². The summed E-state index contributed by atoms with van der Waals surface area (Å²) in [5.74, 6) is 0.879. The molecule has 0 bridgehead atoms. The molecule has 3 rings (SSSR count). The Morgan fingerprint density at radius 3 is 2.52 bits per heavy atom. The zero-order valence-electron chi connectivity index (χ0n) is 14.6. The molecule has 25 heavy (non-hydrogen) atoms. The molecule has 1 N–H and O–H groups in total. The first-order valence-corrected chi connectivity index (χ1v) is 10.00. The van der Waals surface area contributed by atoms with Crippen LogP contribution in [0.3, 0.4) is 0 Å². The summed E-state index contributed by atoms with van der Waals surface area (Å²) in [7, 11) is -3.50. The van der Waals surface area contributed by atoms with Crippen molar-refractivity contribution in [2.75, 3.05) is 6.54 Å². The van der Waals surface area contributed by atoms with E-state index < -0.39 is 10.0 Å². The van der Waals surface area contributed by atoms with Crippen molar-refractivity contribution in [3.05, 3.63) is 59.9 Å². The summed E-state index contributed by atoms with van der Waals surface area (Å²) in [6, 6.07) is 15.0. The SMILES string of the molecule is CCCc1ccc(S(=O)(=O)NCCn2c(C)nc3ccccc32)cc1. The second kappa shape index (κ2) is 7.37. The fourth-order valence-corrected chi connectivity index (χ4v) is 4.00. The van der Waals surface area contributed by atoms with E-state index in [1.54, 1.807) is 12.1 Å². The number of hydrogen-bond acceptors (Lipinski definition) is 3. The molecular formula is C19H23N3O2S. The lowest BCUT2D eigenvalue weighted by Crippen LogP contribution is -2.27. The third-order valence-electron chi connectivity index (χ3n) is 4.25. The Bertz CT molecular complexity index is 960. The number of imidazole rings is 1. The molecule has 1 heterocycles. The third-order valence-corrected chi connectivity index (χ3v) is 5.72. The molecule has 1 aromatic heterocycles. The smallest absolute Gasteiger partial charge is 0.240 e. The fourth-order valence-electron chi connectivity index (χ4n) is 2.98. The van der Waals surface area contributed by atoms with E-state index in [1.807, 2.05) is 47.9 Å². The number of hydrogen-bond donors (Lipinski definition) is 1. The van der Waals surface area contributed by atoms with Crippen molar-refractivity contribution < 1.29 is 8.42 Å². The Morgan fingerprint density at radius 1 is 1.08 bits per heavy atom. The molecule has 0 aliphatic heterocycles. The molecule has 0 unspecified atom stereocenters. The summed E-state index contributed by atoms with van der Waals surface area (Å²) >= 11 is 0. The Morgan fingerprint density at radius 2 is 1.80 bits per heavy atom. The molecule has 0 aliphatic rings. The summed E-state index contributed by atoms with van der Waals surface area (Å²) in [6.45, 7) is 4.90. The lowest BCUT2D eigenvalue weighted by atomic mass is 10.1. The second-order valence-corrected chi connectivity index (χ2v) is 7.86. The average molecular weight is 357 g/mol. The van der Waals surface area contributed by atoms with E-state index >= 15 is 0 Å². The average Bonchev–Trinajstić information content (AvgIpc) is 2.91. The van der Waals surface area contributed by atoms with Crippen molar-refractivity contribution in [2.24, 2.45) is 0 Å². The monoisotopic (exact) mass is 357 g/mol. The highest BCUT2D eigenvalue weighted by molar-refractivity contribution is 7.89. The molecule has 0 saturated heterocycles. The van der Waals surface area contributed by atoms with E-state index in [2.05, 4.69) is 16.6 Å². The van der Waals surface area contributed by atoms with Crippen LogP contribution in [0.2, 0.25) is 0 Å². The number of nitrogens with zero attached hydrogens (tertiary/aromatic N) is 2. The zero-order valence-corrected chi connectivity index (χ0v) is 15.4. The van der Waals surface area contributed by atoms with Gasteiger partial charge in [0.1, 0.15) is 5.82 Å². The number of aryl methyl sites for hydroxylation is 2. The van der Waals surface area contributed by atoms with E-state index in [9.17, 15) is 8.42 Å². The van der Waals surface area contributed by atoms with Gasteiger partial charge in [0.15, 0.2) is 0 Å². The summed E-state index contributed by atoms with van der Waals surface area (Å²) in [4.78, 5) is 4.80. The van der Waals surface area contributed by atoms with E-state index in [1.165, 1.54) is 0 Å². The summed E-state index contributed by atoms with van der Waals surface area (Å²) < 4.78 is 29.6. The van der Waals surface area contributed by atoms with Gasteiger partial charge in [0.2, 0.25) is 10.0 Å². The molecule has 5 nitrogen and oxygen atoms in total. The molecule has 0 atom stereocenters. The molecule has 0 radical (unpaired) electrons. The standard InChI is InChI=1S/C19H23N3O2S/c1-3-6-16-9-11-17(12-10-16)25(23,24)20-13-14-22-15(2)21-18-7-4-5-8-19(18)22/h4-5,7-12,20H,3,6,13-14H2,1-2H3. The quantitative estimate of drug-likeness (QED) is 0.706. The zero-order chi connectivity index (χ0) is 17.9. The molecule has 0 saturated carbocycles. The number of para-hydroxylation sites is 2. The first kappa shape index (κ1) is 17.6. The predicted octanol–water partition coefficient (Wildman–Crippen LogP) is 3.28. The van der Waals surface area contributed by atoms with Crippen LogP contribution in [0.5, 0.6) is 0 Å². The minimum absolute atomic E-state index is 0.305. The fraction of sp³-hybridized carbons (Fsp3) is 0.316. The van der Waals surface area contributed by atoms with Gasteiger partial charge in [-0.05, 0) is 43.2 Å². The van der Waals surface area contributed by atoms with Gasteiger partial charge in [0.25, 0.3) is 0 Å². The number of sulfonamides is 1. The largest absolute Gasteiger partial charge is 0.327 e. The highest BCUT2D eigenvalue weighted by atomic mass is 32.2. The normalized spacial score (nSPS) is 11.9. The first-order valence-electron chi connectivity index (χ1n) is 8.52. The molecule has 6 heteroatoms. The summed E-state index contributed by atoms with van der Waals surface area (Å²) in [5, 5.41) is 0. The van der Waals surface area contributed by atoms with Gasteiger partial charge in [-0.25, -0.2) is 18.1 Å². The molecule has 2 aromatic carbocycles. The van der Waals surface area contributed by atoms with Crippen molar-refractivity contribution in [2.45, 2.75) is 38.1 Å². The van der Waals surface area contributed by atoms with Crippen molar-refractivity contribution in [1.29, 1.82) is 0 Å². The van der Waals surface area contributed by atoms with Crippen molar-refractivity contribution in [1.82, 2.24) is 14.3 Å². The molecule has 0 fully saturated rings. The van der Waals surface area contributed by atoms with Crippen LogP contribution < -0.4 is 4.72 Å². The van der Waals surface area contributed by atoms with Gasteiger partial charge in [0, 0.05) is 13.1 Å². The van der Waals surface area contributed by atoms with Crippen LogP contribution in [-0.4, -0.2) is 24.5 Å². The summed E-state index contributed by atoms with van der Waals surface area (Å²) in [6.07, 6.45) is 2.00. The number of aromatic nitrogens is 2. The van der Waals surface area contributed by atoms with Gasteiger partial charge >= 0.3 is 0 Å². The van der Waals surface area contributed by atoms with Crippen LogP contribution in [0.1, 0.15) is 24.7 Å². The molecule has 0 aliphatic carbocycles. The predicted molar refractivity (Wildman–Crippen MR) is 100 cm³/mol. The minimum atomic E-state index is -3.50. The lowest BCUT2D eigenvalue weighted by molar-refractivity contribution is 0.572. The number of rotatable bonds is 7. The number of benzene rings is 2. The minimum Gasteiger partial charge on any atom is -0.327 e. The van der Waals surface area contributed by atoms with Gasteiger partial charge in [0.05, 0.1) is 15.9 Å². The van der Waals surface area contributed by atoms with Gasteiger partial charge in [-0.2, -0.15) is 0 Å². The van der Waals surface area contributed by atoms with Crippen LogP contribution >= 0.6 is 0 Å². The molecule has 132 valence electrons. The lowest BCUT2D eigenvalue weighted by Gasteiger charge is -2.10.